The first-order chi connectivity index (χ1) is 7.25. The Balaban J connectivity index is 3.23. The lowest BCUT2D eigenvalue weighted by Gasteiger charge is -2.25. The van der Waals surface area contributed by atoms with Crippen molar-refractivity contribution in [2.45, 2.75) is 40.2 Å². The summed E-state index contributed by atoms with van der Waals surface area (Å²) in [5.41, 5.74) is 3.32. The summed E-state index contributed by atoms with van der Waals surface area (Å²) in [5.74, 6) is 0. The van der Waals surface area contributed by atoms with Crippen molar-refractivity contribution < 1.29 is 9.92 Å². The summed E-state index contributed by atoms with van der Waals surface area (Å²) in [6, 6.07) is 3.85. The first-order valence-electron chi connectivity index (χ1n) is 5.16. The Morgan fingerprint density at radius 3 is 2.25 bits per heavy atom. The van der Waals surface area contributed by atoms with Crippen LogP contribution in [-0.2, 0) is 10.4 Å². The average Bonchev–Trinajstić information content (AvgIpc) is 2.11. The molecule has 0 amide bonds. The zero-order valence-electron chi connectivity index (χ0n) is 10.3. The fraction of sp³-hybridized carbons (Fsp3) is 0.500. The van der Waals surface area contributed by atoms with E-state index in [9.17, 15) is 10.1 Å². The van der Waals surface area contributed by atoms with Gasteiger partial charge in [-0.05, 0) is 56.9 Å². The van der Waals surface area contributed by atoms with Gasteiger partial charge in [0.2, 0.25) is 0 Å². The number of rotatable bonds is 3. The molecule has 0 N–H and O–H groups in total. The summed E-state index contributed by atoms with van der Waals surface area (Å²) < 4.78 is 0. The van der Waals surface area contributed by atoms with Crippen LogP contribution in [-0.4, -0.2) is 5.09 Å². The van der Waals surface area contributed by atoms with Gasteiger partial charge in [0.05, 0.1) is 0 Å². The van der Waals surface area contributed by atoms with Crippen LogP contribution in [0.3, 0.4) is 0 Å². The summed E-state index contributed by atoms with van der Waals surface area (Å²) in [6.45, 7) is 9.40. The van der Waals surface area contributed by atoms with Crippen LogP contribution in [0.4, 0.5) is 0 Å². The molecule has 0 atom stereocenters. The van der Waals surface area contributed by atoms with Gasteiger partial charge in [0.15, 0.2) is 0 Å². The van der Waals surface area contributed by atoms with Crippen molar-refractivity contribution in [3.63, 3.8) is 0 Å². The maximum Gasteiger partial charge on any atom is 0.295 e. The Labute approximate surface area is 95.3 Å². The lowest BCUT2D eigenvalue weighted by Crippen LogP contribution is -2.26. The van der Waals surface area contributed by atoms with E-state index in [1.54, 1.807) is 13.8 Å². The van der Waals surface area contributed by atoms with Crippen molar-refractivity contribution >= 4 is 0 Å². The second-order valence-corrected chi connectivity index (χ2v) is 4.51. The highest BCUT2D eigenvalue weighted by atomic mass is 17.0. The number of aryl methyl sites for hydroxylation is 1. The zero-order valence-corrected chi connectivity index (χ0v) is 10.3. The highest BCUT2D eigenvalue weighted by molar-refractivity contribution is 5.41. The SMILES string of the molecule is Cc1ccc(C(C)(C)O[N+](=O)[O-])c(C)c1C. The predicted octanol–water partition coefficient (Wildman–Crippen LogP) is 3.06. The third kappa shape index (κ3) is 2.32. The molecule has 1 aromatic carbocycles. The highest BCUT2D eigenvalue weighted by Crippen LogP contribution is 2.30. The van der Waals surface area contributed by atoms with Crippen molar-refractivity contribution in [1.82, 2.24) is 0 Å². The molecular formula is C12H17NO3. The number of hydrogen-bond acceptors (Lipinski definition) is 3. The fourth-order valence-electron chi connectivity index (χ4n) is 1.84. The Hall–Kier alpha value is -1.58. The maximum atomic E-state index is 10.4. The van der Waals surface area contributed by atoms with E-state index in [1.807, 2.05) is 32.9 Å². The molecule has 0 aromatic heterocycles. The smallest absolute Gasteiger partial charge is 0.295 e. The molecule has 1 rings (SSSR count). The van der Waals surface area contributed by atoms with Crippen LogP contribution in [0.15, 0.2) is 12.1 Å². The molecule has 0 spiro atoms. The summed E-state index contributed by atoms with van der Waals surface area (Å²) in [4.78, 5) is 15.2. The monoisotopic (exact) mass is 223 g/mol. The minimum Gasteiger partial charge on any atom is -0.303 e. The fourth-order valence-corrected chi connectivity index (χ4v) is 1.84. The van der Waals surface area contributed by atoms with E-state index in [-0.39, 0.29) is 0 Å². The summed E-state index contributed by atoms with van der Waals surface area (Å²) in [7, 11) is 0. The third-order valence-electron chi connectivity index (χ3n) is 3.01. The molecule has 16 heavy (non-hydrogen) atoms. The molecule has 88 valence electrons. The minimum absolute atomic E-state index is 0.741. The molecule has 0 radical (unpaired) electrons. The molecule has 0 saturated carbocycles. The summed E-state index contributed by atoms with van der Waals surface area (Å²) >= 11 is 0. The van der Waals surface area contributed by atoms with Gasteiger partial charge in [-0.2, -0.15) is 0 Å². The molecule has 4 heteroatoms. The molecule has 0 aliphatic carbocycles. The molecule has 0 aliphatic heterocycles. The first-order valence-corrected chi connectivity index (χ1v) is 5.16. The van der Waals surface area contributed by atoms with Crippen molar-refractivity contribution in [3.8, 4) is 0 Å². The summed E-state index contributed by atoms with van der Waals surface area (Å²) in [5, 5.41) is 9.69. The van der Waals surface area contributed by atoms with Gasteiger partial charge in [-0.3, -0.25) is 0 Å². The van der Waals surface area contributed by atoms with Crippen LogP contribution < -0.4 is 0 Å². The van der Waals surface area contributed by atoms with E-state index in [0.717, 1.165) is 16.7 Å². The number of hydrogen-bond donors (Lipinski definition) is 0. The van der Waals surface area contributed by atoms with Gasteiger partial charge in [0.1, 0.15) is 5.60 Å². The van der Waals surface area contributed by atoms with Gasteiger partial charge >= 0.3 is 0 Å². The number of benzene rings is 1. The van der Waals surface area contributed by atoms with E-state index in [0.29, 0.717) is 0 Å². The largest absolute Gasteiger partial charge is 0.303 e. The maximum absolute atomic E-state index is 10.4. The normalized spacial score (nSPS) is 11.3. The van der Waals surface area contributed by atoms with Crippen molar-refractivity contribution in [1.29, 1.82) is 0 Å². The van der Waals surface area contributed by atoms with E-state index >= 15 is 0 Å². The van der Waals surface area contributed by atoms with E-state index in [1.165, 1.54) is 5.56 Å². The van der Waals surface area contributed by atoms with Crippen LogP contribution in [0.25, 0.3) is 0 Å². The quantitative estimate of drug-likeness (QED) is 0.584. The Morgan fingerprint density at radius 1 is 1.19 bits per heavy atom. The topological polar surface area (TPSA) is 52.4 Å². The van der Waals surface area contributed by atoms with Crippen LogP contribution in [0.1, 0.15) is 36.1 Å². The molecule has 0 unspecified atom stereocenters. The minimum atomic E-state index is -0.911. The molecule has 0 aliphatic rings. The molecule has 0 heterocycles. The van der Waals surface area contributed by atoms with Gasteiger partial charge in [0, 0.05) is 0 Å². The van der Waals surface area contributed by atoms with Gasteiger partial charge in [0.25, 0.3) is 5.09 Å². The molecule has 0 bridgehead atoms. The molecule has 1 aromatic rings. The van der Waals surface area contributed by atoms with E-state index < -0.39 is 10.7 Å². The molecular weight excluding hydrogens is 206 g/mol. The van der Waals surface area contributed by atoms with Gasteiger partial charge in [-0.25, -0.2) is 0 Å². The van der Waals surface area contributed by atoms with Gasteiger partial charge < -0.3 is 4.84 Å². The van der Waals surface area contributed by atoms with Crippen LogP contribution >= 0.6 is 0 Å². The predicted molar refractivity (Wildman–Crippen MR) is 61.8 cm³/mol. The second-order valence-electron chi connectivity index (χ2n) is 4.51. The van der Waals surface area contributed by atoms with E-state index in [4.69, 9.17) is 4.84 Å². The standard InChI is InChI=1S/C12H17NO3/c1-8-6-7-11(10(3)9(8)2)12(4,5)16-13(14)15/h6-7H,1-5H3. The van der Waals surface area contributed by atoms with E-state index in [2.05, 4.69) is 0 Å². The molecule has 4 nitrogen and oxygen atoms in total. The lowest BCUT2D eigenvalue weighted by molar-refractivity contribution is -0.782. The molecule has 0 saturated heterocycles. The van der Waals surface area contributed by atoms with Crippen LogP contribution in [0, 0.1) is 30.9 Å². The average molecular weight is 223 g/mol. The summed E-state index contributed by atoms with van der Waals surface area (Å²) in [6.07, 6.45) is 0. The van der Waals surface area contributed by atoms with Crippen LogP contribution in [0.2, 0.25) is 0 Å². The van der Waals surface area contributed by atoms with Crippen molar-refractivity contribution in [2.75, 3.05) is 0 Å². The Morgan fingerprint density at radius 2 is 1.75 bits per heavy atom. The van der Waals surface area contributed by atoms with Gasteiger partial charge in [-0.15, -0.1) is 10.1 Å². The molecule has 0 fully saturated rings. The van der Waals surface area contributed by atoms with Crippen molar-refractivity contribution in [3.05, 3.63) is 44.5 Å². The Kier molecular flexibility index (Phi) is 3.21. The lowest BCUT2D eigenvalue weighted by atomic mass is 9.89. The van der Waals surface area contributed by atoms with Crippen molar-refractivity contribution in [2.24, 2.45) is 0 Å². The van der Waals surface area contributed by atoms with Gasteiger partial charge in [-0.1, -0.05) is 12.1 Å². The Bertz CT molecular complexity index is 425. The van der Waals surface area contributed by atoms with Crippen LogP contribution in [0.5, 0.6) is 0 Å². The first kappa shape index (κ1) is 12.5. The zero-order chi connectivity index (χ0) is 12.5. The second kappa shape index (κ2) is 4.12. The number of nitrogens with zero attached hydrogens (tertiary/aromatic N) is 1. The highest BCUT2D eigenvalue weighted by Gasteiger charge is 2.27. The third-order valence-corrected chi connectivity index (χ3v) is 3.01.